The summed E-state index contributed by atoms with van der Waals surface area (Å²) in [5.74, 6) is -0.148. The highest BCUT2D eigenvalue weighted by Gasteiger charge is 2.36. The van der Waals surface area contributed by atoms with Gasteiger partial charge >= 0.3 is 0 Å². The van der Waals surface area contributed by atoms with E-state index in [9.17, 15) is 13.2 Å². The SMILES string of the molecule is O=C([C@H]1CCS(=O)(=O)C1)N1CCC(OCc2ccccc2)CC1. The van der Waals surface area contributed by atoms with Crippen LogP contribution >= 0.6 is 0 Å². The Hall–Kier alpha value is -1.40. The number of amides is 1. The standard InChI is InChI=1S/C17H23NO4S/c19-17(15-8-11-23(20,21)13-15)18-9-6-16(7-10-18)22-12-14-4-2-1-3-5-14/h1-5,15-16H,6-13H2/t15-/m0/s1. The maximum atomic E-state index is 12.4. The fraction of sp³-hybridized carbons (Fsp3) is 0.588. The van der Waals surface area contributed by atoms with Crippen LogP contribution < -0.4 is 0 Å². The van der Waals surface area contributed by atoms with Crippen molar-refractivity contribution in [1.29, 1.82) is 0 Å². The third-order valence-corrected chi connectivity index (χ3v) is 6.43. The zero-order valence-corrected chi connectivity index (χ0v) is 14.0. The first-order chi connectivity index (χ1) is 11.0. The van der Waals surface area contributed by atoms with E-state index in [1.54, 1.807) is 0 Å². The molecule has 5 nitrogen and oxygen atoms in total. The van der Waals surface area contributed by atoms with E-state index < -0.39 is 9.84 Å². The number of piperidine rings is 1. The molecule has 0 aliphatic carbocycles. The highest BCUT2D eigenvalue weighted by molar-refractivity contribution is 7.91. The van der Waals surface area contributed by atoms with Crippen LogP contribution in [0.4, 0.5) is 0 Å². The van der Waals surface area contributed by atoms with Crippen molar-refractivity contribution in [2.75, 3.05) is 24.6 Å². The number of benzene rings is 1. The van der Waals surface area contributed by atoms with E-state index in [1.165, 1.54) is 0 Å². The van der Waals surface area contributed by atoms with Crippen molar-refractivity contribution in [1.82, 2.24) is 4.90 Å². The minimum atomic E-state index is -3.00. The number of nitrogens with zero attached hydrogens (tertiary/aromatic N) is 1. The van der Waals surface area contributed by atoms with Crippen LogP contribution in [0.2, 0.25) is 0 Å². The molecule has 3 rings (SSSR count). The first-order valence-electron chi connectivity index (χ1n) is 8.18. The summed E-state index contributed by atoms with van der Waals surface area (Å²) in [4.78, 5) is 14.2. The molecule has 2 heterocycles. The molecule has 0 unspecified atom stereocenters. The monoisotopic (exact) mass is 337 g/mol. The van der Waals surface area contributed by atoms with Crippen LogP contribution in [0.25, 0.3) is 0 Å². The van der Waals surface area contributed by atoms with Crippen molar-refractivity contribution in [3.05, 3.63) is 35.9 Å². The number of sulfone groups is 1. The van der Waals surface area contributed by atoms with Crippen molar-refractivity contribution in [2.45, 2.75) is 32.0 Å². The van der Waals surface area contributed by atoms with Crippen LogP contribution in [0.1, 0.15) is 24.8 Å². The molecule has 1 amide bonds. The van der Waals surface area contributed by atoms with Crippen molar-refractivity contribution in [2.24, 2.45) is 5.92 Å². The van der Waals surface area contributed by atoms with Crippen molar-refractivity contribution >= 4 is 15.7 Å². The Kier molecular flexibility index (Phi) is 5.02. The summed E-state index contributed by atoms with van der Waals surface area (Å²) in [6.07, 6.45) is 2.29. The average Bonchev–Trinajstić information content (AvgIpc) is 2.94. The Bertz CT molecular complexity index is 636. The molecule has 23 heavy (non-hydrogen) atoms. The third-order valence-electron chi connectivity index (χ3n) is 4.66. The second-order valence-electron chi connectivity index (χ2n) is 6.42. The fourth-order valence-corrected chi connectivity index (χ4v) is 5.01. The molecular formula is C17H23NO4S. The van der Waals surface area contributed by atoms with Gasteiger partial charge in [0.1, 0.15) is 0 Å². The zero-order valence-electron chi connectivity index (χ0n) is 13.2. The van der Waals surface area contributed by atoms with Gasteiger partial charge in [-0.15, -0.1) is 0 Å². The van der Waals surface area contributed by atoms with Crippen LogP contribution in [-0.2, 0) is 26.0 Å². The number of ether oxygens (including phenoxy) is 1. The Morgan fingerprint density at radius 3 is 2.43 bits per heavy atom. The van der Waals surface area contributed by atoms with E-state index in [-0.39, 0.29) is 29.4 Å². The zero-order chi connectivity index (χ0) is 16.3. The van der Waals surface area contributed by atoms with Crippen LogP contribution in [0.3, 0.4) is 0 Å². The largest absolute Gasteiger partial charge is 0.373 e. The molecule has 0 saturated carbocycles. The van der Waals surface area contributed by atoms with E-state index in [2.05, 4.69) is 0 Å². The Morgan fingerprint density at radius 2 is 1.83 bits per heavy atom. The maximum absolute atomic E-state index is 12.4. The second-order valence-corrected chi connectivity index (χ2v) is 8.65. The minimum Gasteiger partial charge on any atom is -0.373 e. The van der Waals surface area contributed by atoms with E-state index in [1.807, 2.05) is 35.2 Å². The summed E-state index contributed by atoms with van der Waals surface area (Å²) in [5, 5.41) is 0. The van der Waals surface area contributed by atoms with E-state index in [0.29, 0.717) is 26.1 Å². The predicted molar refractivity (Wildman–Crippen MR) is 87.6 cm³/mol. The van der Waals surface area contributed by atoms with Gasteiger partial charge < -0.3 is 9.64 Å². The molecule has 2 fully saturated rings. The van der Waals surface area contributed by atoms with Crippen molar-refractivity contribution in [3.63, 3.8) is 0 Å². The summed E-state index contributed by atoms with van der Waals surface area (Å²) in [7, 11) is -3.00. The minimum absolute atomic E-state index is 0.00702. The summed E-state index contributed by atoms with van der Waals surface area (Å²) < 4.78 is 28.9. The highest BCUT2D eigenvalue weighted by Crippen LogP contribution is 2.23. The van der Waals surface area contributed by atoms with Crippen LogP contribution in [-0.4, -0.2) is 49.9 Å². The lowest BCUT2D eigenvalue weighted by atomic mass is 10.0. The molecule has 1 aromatic carbocycles. The fourth-order valence-electron chi connectivity index (χ4n) is 3.28. The average molecular weight is 337 g/mol. The topological polar surface area (TPSA) is 63.7 Å². The van der Waals surface area contributed by atoms with Crippen molar-refractivity contribution in [3.8, 4) is 0 Å². The first kappa shape index (κ1) is 16.5. The van der Waals surface area contributed by atoms with Gasteiger partial charge in [0, 0.05) is 13.1 Å². The number of carbonyl (C=O) groups excluding carboxylic acids is 1. The van der Waals surface area contributed by atoms with Crippen LogP contribution in [0, 0.1) is 5.92 Å². The van der Waals surface area contributed by atoms with Gasteiger partial charge in [0.2, 0.25) is 5.91 Å². The smallest absolute Gasteiger partial charge is 0.226 e. The molecule has 0 radical (unpaired) electrons. The molecule has 1 aromatic rings. The van der Waals surface area contributed by atoms with Gasteiger partial charge in [0.05, 0.1) is 30.1 Å². The quantitative estimate of drug-likeness (QED) is 0.838. The predicted octanol–water partition coefficient (Wildman–Crippen LogP) is 1.63. The Balaban J connectivity index is 1.44. The van der Waals surface area contributed by atoms with E-state index in [0.717, 1.165) is 18.4 Å². The van der Waals surface area contributed by atoms with Gasteiger partial charge in [-0.25, -0.2) is 8.42 Å². The summed E-state index contributed by atoms with van der Waals surface area (Å²) in [5.41, 5.74) is 1.15. The first-order valence-corrected chi connectivity index (χ1v) is 10.0. The summed E-state index contributed by atoms with van der Waals surface area (Å²) in [6, 6.07) is 10.1. The second kappa shape index (κ2) is 7.01. The Labute approximate surface area is 137 Å². The molecule has 126 valence electrons. The molecule has 2 aliphatic rings. The lowest BCUT2D eigenvalue weighted by Gasteiger charge is -2.33. The molecular weight excluding hydrogens is 314 g/mol. The lowest BCUT2D eigenvalue weighted by Crippen LogP contribution is -2.43. The molecule has 1 atom stereocenters. The highest BCUT2D eigenvalue weighted by atomic mass is 32.2. The van der Waals surface area contributed by atoms with Gasteiger partial charge in [-0.2, -0.15) is 0 Å². The molecule has 0 aromatic heterocycles. The number of rotatable bonds is 4. The summed E-state index contributed by atoms with van der Waals surface area (Å²) >= 11 is 0. The number of hydrogen-bond acceptors (Lipinski definition) is 4. The van der Waals surface area contributed by atoms with E-state index in [4.69, 9.17) is 4.74 Å². The van der Waals surface area contributed by atoms with E-state index >= 15 is 0 Å². The number of carbonyl (C=O) groups is 1. The molecule has 6 heteroatoms. The lowest BCUT2D eigenvalue weighted by molar-refractivity contribution is -0.137. The summed E-state index contributed by atoms with van der Waals surface area (Å²) in [6.45, 7) is 1.92. The normalized spacial score (nSPS) is 24.7. The molecule has 2 saturated heterocycles. The third kappa shape index (κ3) is 4.32. The van der Waals surface area contributed by atoms with Gasteiger partial charge in [-0.05, 0) is 24.8 Å². The van der Waals surface area contributed by atoms with Gasteiger partial charge in [0.15, 0.2) is 9.84 Å². The molecule has 0 spiro atoms. The molecule has 0 N–H and O–H groups in total. The number of likely N-dealkylation sites (tertiary alicyclic amines) is 1. The Morgan fingerprint density at radius 1 is 1.13 bits per heavy atom. The van der Waals surface area contributed by atoms with Crippen molar-refractivity contribution < 1.29 is 17.9 Å². The number of hydrogen-bond donors (Lipinski definition) is 0. The van der Waals surface area contributed by atoms with Gasteiger partial charge in [-0.1, -0.05) is 30.3 Å². The van der Waals surface area contributed by atoms with Crippen LogP contribution in [0.5, 0.6) is 0 Å². The van der Waals surface area contributed by atoms with Crippen LogP contribution in [0.15, 0.2) is 30.3 Å². The van der Waals surface area contributed by atoms with Gasteiger partial charge in [-0.3, -0.25) is 4.79 Å². The van der Waals surface area contributed by atoms with Gasteiger partial charge in [0.25, 0.3) is 0 Å². The molecule has 2 aliphatic heterocycles. The maximum Gasteiger partial charge on any atom is 0.226 e. The molecule has 0 bridgehead atoms.